The first-order valence-electron chi connectivity index (χ1n) is 5.52. The fourth-order valence-electron chi connectivity index (χ4n) is 1.78. The van der Waals surface area contributed by atoms with Gasteiger partial charge in [0.15, 0.2) is 5.82 Å². The summed E-state index contributed by atoms with van der Waals surface area (Å²) in [5.74, 6) is 0.899. The van der Waals surface area contributed by atoms with Crippen LogP contribution in [0, 0.1) is 0 Å². The van der Waals surface area contributed by atoms with Gasteiger partial charge in [0.05, 0.1) is 11.8 Å². The quantitative estimate of drug-likeness (QED) is 0.842. The first-order valence-corrected chi connectivity index (χ1v) is 5.52. The third kappa shape index (κ3) is 2.17. The van der Waals surface area contributed by atoms with Crippen LogP contribution in [0.1, 0.15) is 13.3 Å². The summed E-state index contributed by atoms with van der Waals surface area (Å²) in [5, 5.41) is 3.13. The van der Waals surface area contributed by atoms with E-state index in [9.17, 15) is 0 Å². The van der Waals surface area contributed by atoms with Crippen LogP contribution < -0.4 is 10.2 Å². The van der Waals surface area contributed by atoms with E-state index in [2.05, 4.69) is 28.2 Å². The molecule has 1 unspecified atom stereocenters. The zero-order chi connectivity index (χ0) is 11.4. The number of hydrogen-bond acceptors (Lipinski definition) is 4. The molecule has 0 saturated heterocycles. The van der Waals surface area contributed by atoms with Crippen molar-refractivity contribution in [2.75, 3.05) is 23.9 Å². The molecule has 4 heteroatoms. The lowest BCUT2D eigenvalue weighted by Crippen LogP contribution is -2.31. The maximum Gasteiger partial charge on any atom is 0.153 e. The van der Waals surface area contributed by atoms with Crippen molar-refractivity contribution >= 4 is 11.5 Å². The number of fused-ring (bicyclic) bond motifs is 1. The van der Waals surface area contributed by atoms with E-state index in [-0.39, 0.29) is 6.10 Å². The maximum atomic E-state index is 5.40. The van der Waals surface area contributed by atoms with E-state index in [1.54, 1.807) is 13.3 Å². The van der Waals surface area contributed by atoms with Gasteiger partial charge in [-0.2, -0.15) is 0 Å². The predicted molar refractivity (Wildman–Crippen MR) is 65.4 cm³/mol. The van der Waals surface area contributed by atoms with Crippen molar-refractivity contribution in [3.63, 3.8) is 0 Å². The molecule has 1 aliphatic rings. The molecule has 1 aliphatic heterocycles. The number of pyridine rings is 1. The molecule has 1 aromatic rings. The molecule has 0 aromatic carbocycles. The van der Waals surface area contributed by atoms with Crippen molar-refractivity contribution in [2.24, 2.45) is 0 Å². The lowest BCUT2D eigenvalue weighted by molar-refractivity contribution is 0.106. The Kier molecular flexibility index (Phi) is 3.41. The van der Waals surface area contributed by atoms with Gasteiger partial charge in [-0.05, 0) is 18.6 Å². The number of anilines is 2. The van der Waals surface area contributed by atoms with Gasteiger partial charge in [0, 0.05) is 32.3 Å². The Morgan fingerprint density at radius 3 is 3.19 bits per heavy atom. The molecule has 1 aromatic heterocycles. The number of methoxy groups -OCH3 is 1. The first kappa shape index (κ1) is 11.0. The summed E-state index contributed by atoms with van der Waals surface area (Å²) < 4.78 is 5.40. The average Bonchev–Trinajstić information content (AvgIpc) is 2.36. The molecule has 16 heavy (non-hydrogen) atoms. The number of aromatic nitrogens is 1. The van der Waals surface area contributed by atoms with E-state index in [4.69, 9.17) is 4.74 Å². The first-order chi connectivity index (χ1) is 7.85. The van der Waals surface area contributed by atoms with Gasteiger partial charge in [0.1, 0.15) is 0 Å². The average molecular weight is 219 g/mol. The number of nitrogens with zero attached hydrogens (tertiary/aromatic N) is 2. The molecule has 2 rings (SSSR count). The van der Waals surface area contributed by atoms with Gasteiger partial charge in [-0.25, -0.2) is 4.98 Å². The lowest BCUT2D eigenvalue weighted by atomic mass is 10.2. The molecule has 4 nitrogen and oxygen atoms in total. The van der Waals surface area contributed by atoms with Crippen LogP contribution in [0.4, 0.5) is 11.5 Å². The van der Waals surface area contributed by atoms with Crippen molar-refractivity contribution < 1.29 is 4.74 Å². The summed E-state index contributed by atoms with van der Waals surface area (Å²) in [5.41, 5.74) is 1.10. The van der Waals surface area contributed by atoms with Crippen LogP contribution in [0.25, 0.3) is 0 Å². The van der Waals surface area contributed by atoms with Crippen molar-refractivity contribution in [3.05, 3.63) is 30.7 Å². The van der Waals surface area contributed by atoms with Crippen LogP contribution in [0.3, 0.4) is 0 Å². The van der Waals surface area contributed by atoms with Crippen LogP contribution in [0.5, 0.6) is 0 Å². The molecule has 0 fully saturated rings. The molecular formula is C12H17N3O. The summed E-state index contributed by atoms with van der Waals surface area (Å²) in [6, 6.07) is 4.00. The van der Waals surface area contributed by atoms with Crippen LogP contribution in [0.2, 0.25) is 0 Å². The van der Waals surface area contributed by atoms with Crippen molar-refractivity contribution in [1.29, 1.82) is 0 Å². The van der Waals surface area contributed by atoms with Gasteiger partial charge in [0.2, 0.25) is 0 Å². The van der Waals surface area contributed by atoms with Crippen LogP contribution in [0.15, 0.2) is 30.7 Å². The number of hydrogen-bond donors (Lipinski definition) is 1. The Hall–Kier alpha value is -1.55. The van der Waals surface area contributed by atoms with Crippen LogP contribution in [-0.4, -0.2) is 24.7 Å². The highest BCUT2D eigenvalue weighted by Crippen LogP contribution is 2.26. The molecule has 2 heterocycles. The standard InChI is InChI=1S/C12H17N3O/c1-3-10(16-2)9-15-8-7-14-12-11(15)5-4-6-13-12/h4-8,10H,3,9H2,1-2H3,(H,13,14). The van der Waals surface area contributed by atoms with E-state index in [0.29, 0.717) is 0 Å². The molecular weight excluding hydrogens is 202 g/mol. The summed E-state index contributed by atoms with van der Waals surface area (Å²) >= 11 is 0. The van der Waals surface area contributed by atoms with E-state index >= 15 is 0 Å². The second-order valence-corrected chi connectivity index (χ2v) is 3.75. The second-order valence-electron chi connectivity index (χ2n) is 3.75. The van der Waals surface area contributed by atoms with Crippen LogP contribution >= 0.6 is 0 Å². The van der Waals surface area contributed by atoms with E-state index in [0.717, 1.165) is 24.5 Å². The van der Waals surface area contributed by atoms with Gasteiger partial charge in [-0.15, -0.1) is 0 Å². The Morgan fingerprint density at radius 1 is 1.56 bits per heavy atom. The minimum absolute atomic E-state index is 0.246. The Bertz CT molecular complexity index is 374. The normalized spacial score (nSPS) is 15.5. The maximum absolute atomic E-state index is 5.40. The summed E-state index contributed by atoms with van der Waals surface area (Å²) in [4.78, 5) is 6.45. The SMILES string of the molecule is CCC(CN1C=CNc2ncccc21)OC. The highest BCUT2D eigenvalue weighted by molar-refractivity contribution is 5.70. The van der Waals surface area contributed by atoms with Gasteiger partial charge in [0.25, 0.3) is 0 Å². The zero-order valence-corrected chi connectivity index (χ0v) is 9.68. The molecule has 86 valence electrons. The third-order valence-electron chi connectivity index (χ3n) is 2.76. The van der Waals surface area contributed by atoms with Gasteiger partial charge >= 0.3 is 0 Å². The summed E-state index contributed by atoms with van der Waals surface area (Å²) in [6.07, 6.45) is 6.96. The summed E-state index contributed by atoms with van der Waals surface area (Å²) in [6.45, 7) is 2.98. The third-order valence-corrected chi connectivity index (χ3v) is 2.76. The van der Waals surface area contributed by atoms with Crippen molar-refractivity contribution in [3.8, 4) is 0 Å². The molecule has 1 atom stereocenters. The van der Waals surface area contributed by atoms with E-state index < -0.39 is 0 Å². The molecule has 0 aliphatic carbocycles. The minimum atomic E-state index is 0.246. The van der Waals surface area contributed by atoms with E-state index in [1.165, 1.54) is 0 Å². The largest absolute Gasteiger partial charge is 0.380 e. The molecule has 0 radical (unpaired) electrons. The second kappa shape index (κ2) is 4.99. The fourth-order valence-corrected chi connectivity index (χ4v) is 1.78. The van der Waals surface area contributed by atoms with Gasteiger partial charge < -0.3 is 15.0 Å². The molecule has 0 saturated carbocycles. The van der Waals surface area contributed by atoms with Gasteiger partial charge in [-0.3, -0.25) is 0 Å². The van der Waals surface area contributed by atoms with Crippen LogP contribution in [-0.2, 0) is 4.74 Å². The highest BCUT2D eigenvalue weighted by atomic mass is 16.5. The predicted octanol–water partition coefficient (Wildman–Crippen LogP) is 2.21. The minimum Gasteiger partial charge on any atom is -0.380 e. The van der Waals surface area contributed by atoms with E-state index in [1.807, 2.05) is 18.5 Å². The fraction of sp³-hybridized carbons (Fsp3) is 0.417. The highest BCUT2D eigenvalue weighted by Gasteiger charge is 2.16. The van der Waals surface area contributed by atoms with Crippen molar-refractivity contribution in [1.82, 2.24) is 4.98 Å². The van der Waals surface area contributed by atoms with Crippen molar-refractivity contribution in [2.45, 2.75) is 19.4 Å². The Labute approximate surface area is 95.9 Å². The van der Waals surface area contributed by atoms with Gasteiger partial charge in [-0.1, -0.05) is 6.92 Å². The Morgan fingerprint density at radius 2 is 2.44 bits per heavy atom. The smallest absolute Gasteiger partial charge is 0.153 e. The topological polar surface area (TPSA) is 37.4 Å². The summed E-state index contributed by atoms with van der Waals surface area (Å²) in [7, 11) is 1.75. The molecule has 0 spiro atoms. The number of nitrogens with one attached hydrogen (secondary N) is 1. The molecule has 1 N–H and O–H groups in total. The zero-order valence-electron chi connectivity index (χ0n) is 9.68. The lowest BCUT2D eigenvalue weighted by Gasteiger charge is -2.28. The number of ether oxygens (including phenoxy) is 1. The molecule has 0 bridgehead atoms. The monoisotopic (exact) mass is 219 g/mol. The number of rotatable bonds is 4. The Balaban J connectivity index is 2.16. The molecule has 0 amide bonds.